The molecule has 3 rings (SSSR count). The van der Waals surface area contributed by atoms with Gasteiger partial charge in [0.2, 0.25) is 10.0 Å². The smallest absolute Gasteiger partial charge is 0.232 e. The zero-order valence-corrected chi connectivity index (χ0v) is 13.0. The van der Waals surface area contributed by atoms with Crippen LogP contribution in [0.3, 0.4) is 0 Å². The van der Waals surface area contributed by atoms with Gasteiger partial charge < -0.3 is 0 Å². The van der Waals surface area contributed by atoms with E-state index in [1.165, 1.54) is 6.26 Å². The highest BCUT2D eigenvalue weighted by Crippen LogP contribution is 2.45. The first-order chi connectivity index (χ1) is 9.98. The molecule has 21 heavy (non-hydrogen) atoms. The second-order valence-electron chi connectivity index (χ2n) is 5.68. The van der Waals surface area contributed by atoms with Gasteiger partial charge in [-0.2, -0.15) is 0 Å². The van der Waals surface area contributed by atoms with Gasteiger partial charge >= 0.3 is 0 Å². The highest BCUT2D eigenvalue weighted by molar-refractivity contribution is 7.92. The lowest BCUT2D eigenvalue weighted by Crippen LogP contribution is -2.38. The first-order valence-electron chi connectivity index (χ1n) is 7.12. The minimum Gasteiger partial charge on any atom is -0.263 e. The van der Waals surface area contributed by atoms with Crippen molar-refractivity contribution in [3.63, 3.8) is 0 Å². The van der Waals surface area contributed by atoms with E-state index in [1.54, 1.807) is 4.31 Å². The summed E-state index contributed by atoms with van der Waals surface area (Å²) in [6.45, 7) is 2.16. The summed E-state index contributed by atoms with van der Waals surface area (Å²) in [6.07, 6.45) is 2.09. The van der Waals surface area contributed by atoms with E-state index >= 15 is 0 Å². The Morgan fingerprint density at radius 3 is 2.29 bits per heavy atom. The zero-order valence-electron chi connectivity index (χ0n) is 12.2. The lowest BCUT2D eigenvalue weighted by atomic mass is 9.86. The lowest BCUT2D eigenvalue weighted by Gasteiger charge is -2.40. The Bertz CT molecular complexity index is 740. The summed E-state index contributed by atoms with van der Waals surface area (Å²) < 4.78 is 26.3. The van der Waals surface area contributed by atoms with E-state index in [1.807, 2.05) is 54.6 Å². The van der Waals surface area contributed by atoms with Crippen molar-refractivity contribution in [2.75, 3.05) is 10.6 Å². The third-order valence-electron chi connectivity index (χ3n) is 4.11. The molecule has 0 aromatic heterocycles. The van der Waals surface area contributed by atoms with E-state index in [0.717, 1.165) is 23.2 Å². The Hall–Kier alpha value is -1.81. The van der Waals surface area contributed by atoms with Crippen LogP contribution in [-0.2, 0) is 10.0 Å². The molecule has 0 aliphatic carbocycles. The minimum atomic E-state index is -3.33. The van der Waals surface area contributed by atoms with Crippen LogP contribution in [0.2, 0.25) is 0 Å². The van der Waals surface area contributed by atoms with Crippen LogP contribution in [0.4, 0.5) is 5.69 Å². The van der Waals surface area contributed by atoms with Gasteiger partial charge in [-0.1, -0.05) is 55.5 Å². The van der Waals surface area contributed by atoms with Crippen molar-refractivity contribution >= 4 is 15.7 Å². The average Bonchev–Trinajstić information content (AvgIpc) is 2.47. The topological polar surface area (TPSA) is 37.4 Å². The molecule has 1 heterocycles. The molecule has 0 unspecified atom stereocenters. The van der Waals surface area contributed by atoms with Crippen molar-refractivity contribution in [2.24, 2.45) is 0 Å². The molecule has 0 bridgehead atoms. The van der Waals surface area contributed by atoms with Crippen molar-refractivity contribution in [1.29, 1.82) is 0 Å². The van der Waals surface area contributed by atoms with E-state index in [-0.39, 0.29) is 6.04 Å². The molecule has 0 saturated heterocycles. The quantitative estimate of drug-likeness (QED) is 0.848. The molecule has 0 radical (unpaired) electrons. The zero-order chi connectivity index (χ0) is 15.0. The minimum absolute atomic E-state index is 0.133. The van der Waals surface area contributed by atoms with E-state index in [0.29, 0.717) is 5.92 Å². The third kappa shape index (κ3) is 2.56. The van der Waals surface area contributed by atoms with Gasteiger partial charge in [-0.25, -0.2) is 8.42 Å². The fraction of sp³-hybridized carbons (Fsp3) is 0.294. The maximum atomic E-state index is 12.4. The molecule has 1 aliphatic rings. The van der Waals surface area contributed by atoms with Gasteiger partial charge in [0.1, 0.15) is 0 Å². The van der Waals surface area contributed by atoms with Crippen LogP contribution in [0.5, 0.6) is 0 Å². The third-order valence-corrected chi connectivity index (χ3v) is 5.27. The first-order valence-corrected chi connectivity index (χ1v) is 8.96. The van der Waals surface area contributed by atoms with Gasteiger partial charge in [-0.15, -0.1) is 0 Å². The SMILES string of the molecule is C[C@H]1C[C@@H](c2ccccc2)N(S(C)(=O)=O)c2ccccc21. The van der Waals surface area contributed by atoms with Crippen LogP contribution in [0.15, 0.2) is 54.6 Å². The van der Waals surface area contributed by atoms with Crippen molar-refractivity contribution in [3.05, 3.63) is 65.7 Å². The predicted molar refractivity (Wildman–Crippen MR) is 86.0 cm³/mol. The maximum absolute atomic E-state index is 12.4. The summed E-state index contributed by atoms with van der Waals surface area (Å²) in [6, 6.07) is 17.5. The maximum Gasteiger partial charge on any atom is 0.232 e. The van der Waals surface area contributed by atoms with Crippen molar-refractivity contribution < 1.29 is 8.42 Å². The molecule has 3 nitrogen and oxygen atoms in total. The van der Waals surface area contributed by atoms with Crippen LogP contribution in [0, 0.1) is 0 Å². The van der Waals surface area contributed by atoms with Crippen LogP contribution >= 0.6 is 0 Å². The second-order valence-corrected chi connectivity index (χ2v) is 7.54. The van der Waals surface area contributed by atoms with Crippen molar-refractivity contribution in [3.8, 4) is 0 Å². The molecule has 0 N–H and O–H groups in total. The van der Waals surface area contributed by atoms with E-state index in [4.69, 9.17) is 0 Å². The standard InChI is InChI=1S/C17H19NO2S/c1-13-12-17(14-8-4-3-5-9-14)18(21(2,19)20)16-11-7-6-10-15(13)16/h3-11,13,17H,12H2,1-2H3/t13-,17-/m0/s1. The summed E-state index contributed by atoms with van der Waals surface area (Å²) in [4.78, 5) is 0. The van der Waals surface area contributed by atoms with Crippen LogP contribution < -0.4 is 4.31 Å². The van der Waals surface area contributed by atoms with Crippen LogP contribution in [0.25, 0.3) is 0 Å². The Balaban J connectivity index is 2.18. The monoisotopic (exact) mass is 301 g/mol. The Kier molecular flexibility index (Phi) is 3.49. The fourth-order valence-corrected chi connectivity index (χ4v) is 4.38. The van der Waals surface area contributed by atoms with Crippen LogP contribution in [0.1, 0.15) is 36.4 Å². The van der Waals surface area contributed by atoms with E-state index < -0.39 is 10.0 Å². The molecular weight excluding hydrogens is 282 g/mol. The number of benzene rings is 2. The fourth-order valence-electron chi connectivity index (χ4n) is 3.19. The molecule has 0 amide bonds. The Morgan fingerprint density at radius 2 is 1.62 bits per heavy atom. The Labute approximate surface area is 126 Å². The van der Waals surface area contributed by atoms with E-state index in [9.17, 15) is 8.42 Å². The molecule has 2 aromatic carbocycles. The van der Waals surface area contributed by atoms with Crippen LogP contribution in [-0.4, -0.2) is 14.7 Å². The van der Waals surface area contributed by atoms with Gasteiger partial charge in [0.25, 0.3) is 0 Å². The molecule has 0 fully saturated rings. The Morgan fingerprint density at radius 1 is 1.00 bits per heavy atom. The van der Waals surface area contributed by atoms with Gasteiger partial charge in [-0.05, 0) is 29.5 Å². The average molecular weight is 301 g/mol. The molecule has 110 valence electrons. The normalized spacial score (nSPS) is 21.9. The number of hydrogen-bond donors (Lipinski definition) is 0. The molecular formula is C17H19NO2S. The van der Waals surface area contributed by atoms with Gasteiger partial charge in [-0.3, -0.25) is 4.31 Å². The van der Waals surface area contributed by atoms with E-state index in [2.05, 4.69) is 6.92 Å². The largest absolute Gasteiger partial charge is 0.263 e. The summed E-state index contributed by atoms with van der Waals surface area (Å²) in [5.41, 5.74) is 2.96. The van der Waals surface area contributed by atoms with Crippen molar-refractivity contribution in [2.45, 2.75) is 25.3 Å². The molecule has 0 spiro atoms. The number of rotatable bonds is 2. The number of sulfonamides is 1. The van der Waals surface area contributed by atoms with Gasteiger partial charge in [0.15, 0.2) is 0 Å². The lowest BCUT2D eigenvalue weighted by molar-refractivity contribution is 0.526. The summed E-state index contributed by atoms with van der Waals surface area (Å²) in [5, 5.41) is 0. The first kappa shape index (κ1) is 14.1. The summed E-state index contributed by atoms with van der Waals surface area (Å²) >= 11 is 0. The molecule has 2 atom stereocenters. The molecule has 0 saturated carbocycles. The molecule has 2 aromatic rings. The number of para-hydroxylation sites is 1. The molecule has 4 heteroatoms. The predicted octanol–water partition coefficient (Wildman–Crippen LogP) is 3.70. The summed E-state index contributed by atoms with van der Waals surface area (Å²) in [5.74, 6) is 0.337. The number of nitrogens with zero attached hydrogens (tertiary/aromatic N) is 1. The second kappa shape index (κ2) is 5.19. The van der Waals surface area contributed by atoms with Gasteiger partial charge in [0.05, 0.1) is 18.0 Å². The molecule has 1 aliphatic heterocycles. The number of anilines is 1. The summed E-state index contributed by atoms with van der Waals surface area (Å²) in [7, 11) is -3.33. The van der Waals surface area contributed by atoms with Crippen molar-refractivity contribution in [1.82, 2.24) is 0 Å². The number of fused-ring (bicyclic) bond motifs is 1. The highest BCUT2D eigenvalue weighted by Gasteiger charge is 2.36. The van der Waals surface area contributed by atoms with Gasteiger partial charge in [0, 0.05) is 0 Å². The number of hydrogen-bond acceptors (Lipinski definition) is 2. The highest BCUT2D eigenvalue weighted by atomic mass is 32.2.